The Bertz CT molecular complexity index is 529. The van der Waals surface area contributed by atoms with Crippen LogP contribution in [0.5, 0.6) is 0 Å². The van der Waals surface area contributed by atoms with Gasteiger partial charge in [-0.3, -0.25) is 4.79 Å². The fourth-order valence-electron chi connectivity index (χ4n) is 2.77. The van der Waals surface area contributed by atoms with E-state index in [1.165, 1.54) is 12.8 Å². The molecular formula is C16H21BrCl2N2O. The summed E-state index contributed by atoms with van der Waals surface area (Å²) in [6.45, 7) is 2.77. The van der Waals surface area contributed by atoms with Gasteiger partial charge in [-0.2, -0.15) is 0 Å². The van der Waals surface area contributed by atoms with E-state index in [4.69, 9.17) is 11.6 Å². The quantitative estimate of drug-likeness (QED) is 0.813. The molecule has 1 aromatic carbocycles. The molecule has 1 heterocycles. The second kappa shape index (κ2) is 8.00. The van der Waals surface area contributed by atoms with Gasteiger partial charge in [0.2, 0.25) is 0 Å². The van der Waals surface area contributed by atoms with Gasteiger partial charge >= 0.3 is 0 Å². The Balaban J connectivity index is 0.00000176. The average molecular weight is 408 g/mol. The largest absolute Gasteiger partial charge is 0.338 e. The number of amides is 1. The van der Waals surface area contributed by atoms with E-state index in [-0.39, 0.29) is 18.3 Å². The number of hydrogen-bond donors (Lipinski definition) is 1. The molecule has 1 N–H and O–H groups in total. The lowest BCUT2D eigenvalue weighted by Gasteiger charge is -2.32. The third-order valence-electron chi connectivity index (χ3n) is 4.33. The summed E-state index contributed by atoms with van der Waals surface area (Å²) in [4.78, 5) is 14.5. The van der Waals surface area contributed by atoms with E-state index in [2.05, 4.69) is 21.2 Å². The van der Waals surface area contributed by atoms with Gasteiger partial charge in [-0.1, -0.05) is 27.5 Å². The average Bonchev–Trinajstić information content (AvgIpc) is 3.32. The number of halogens is 3. The lowest BCUT2D eigenvalue weighted by Crippen LogP contribution is -2.45. The van der Waals surface area contributed by atoms with Crippen LogP contribution in [-0.2, 0) is 0 Å². The van der Waals surface area contributed by atoms with Gasteiger partial charge in [0, 0.05) is 23.6 Å². The number of rotatable bonds is 4. The smallest absolute Gasteiger partial charge is 0.255 e. The molecule has 0 spiro atoms. The molecule has 1 aliphatic carbocycles. The van der Waals surface area contributed by atoms with Crippen molar-refractivity contribution >= 4 is 45.8 Å². The summed E-state index contributed by atoms with van der Waals surface area (Å²) in [5, 5.41) is 4.16. The Morgan fingerprint density at radius 3 is 2.59 bits per heavy atom. The molecule has 2 fully saturated rings. The van der Waals surface area contributed by atoms with Crippen molar-refractivity contribution in [1.29, 1.82) is 0 Å². The molecule has 1 saturated heterocycles. The zero-order valence-corrected chi connectivity index (χ0v) is 15.5. The normalized spacial score (nSPS) is 18.9. The predicted molar refractivity (Wildman–Crippen MR) is 96.1 cm³/mol. The monoisotopic (exact) mass is 406 g/mol. The van der Waals surface area contributed by atoms with Crippen LogP contribution in [0.1, 0.15) is 36.0 Å². The molecule has 6 heteroatoms. The minimum Gasteiger partial charge on any atom is -0.338 e. The van der Waals surface area contributed by atoms with Crippen LogP contribution in [0.4, 0.5) is 0 Å². The molecule has 0 unspecified atom stereocenters. The molecule has 1 saturated carbocycles. The maximum atomic E-state index is 12.6. The Morgan fingerprint density at radius 2 is 1.95 bits per heavy atom. The van der Waals surface area contributed by atoms with Gasteiger partial charge in [-0.05, 0) is 56.3 Å². The van der Waals surface area contributed by atoms with Crippen LogP contribution in [-0.4, -0.2) is 36.5 Å². The molecule has 0 aromatic heterocycles. The molecule has 1 aliphatic heterocycles. The minimum atomic E-state index is 0. The van der Waals surface area contributed by atoms with Crippen LogP contribution in [0.3, 0.4) is 0 Å². The van der Waals surface area contributed by atoms with E-state index in [0.29, 0.717) is 16.6 Å². The molecule has 3 rings (SSSR count). The standard InChI is InChI=1S/C16H20BrClN2O.ClH/c17-12-3-4-15(18)14(9-12)16(21)20-7-5-13(6-8-20)19-10-11-1-2-11;/h3-4,9,11,13,19H,1-2,5-8,10H2;1H. The van der Waals surface area contributed by atoms with E-state index in [1.807, 2.05) is 17.0 Å². The van der Waals surface area contributed by atoms with Gasteiger partial charge in [-0.25, -0.2) is 0 Å². The number of benzene rings is 1. The lowest BCUT2D eigenvalue weighted by atomic mass is 10.0. The fourth-order valence-corrected chi connectivity index (χ4v) is 3.33. The van der Waals surface area contributed by atoms with Crippen molar-refractivity contribution in [3.05, 3.63) is 33.3 Å². The molecule has 0 bridgehead atoms. The molecule has 122 valence electrons. The topological polar surface area (TPSA) is 32.3 Å². The maximum absolute atomic E-state index is 12.6. The Morgan fingerprint density at radius 1 is 1.27 bits per heavy atom. The Labute approximate surface area is 151 Å². The van der Waals surface area contributed by atoms with E-state index in [0.717, 1.165) is 42.9 Å². The first kappa shape index (κ1) is 18.1. The number of carbonyl (C=O) groups is 1. The van der Waals surface area contributed by atoms with Crippen molar-refractivity contribution in [2.75, 3.05) is 19.6 Å². The third-order valence-corrected chi connectivity index (χ3v) is 5.16. The predicted octanol–water partition coefficient (Wildman–Crippen LogP) is 4.13. The molecule has 3 nitrogen and oxygen atoms in total. The van der Waals surface area contributed by atoms with Crippen molar-refractivity contribution in [2.24, 2.45) is 5.92 Å². The van der Waals surface area contributed by atoms with E-state index in [1.54, 1.807) is 6.07 Å². The number of hydrogen-bond acceptors (Lipinski definition) is 2. The van der Waals surface area contributed by atoms with Gasteiger partial charge < -0.3 is 10.2 Å². The van der Waals surface area contributed by atoms with Crippen LogP contribution in [0.15, 0.2) is 22.7 Å². The summed E-state index contributed by atoms with van der Waals surface area (Å²) in [7, 11) is 0. The van der Waals surface area contributed by atoms with E-state index >= 15 is 0 Å². The first-order valence-electron chi connectivity index (χ1n) is 7.61. The fraction of sp³-hybridized carbons (Fsp3) is 0.562. The molecule has 22 heavy (non-hydrogen) atoms. The number of piperidine rings is 1. The van der Waals surface area contributed by atoms with E-state index < -0.39 is 0 Å². The molecule has 2 aliphatic rings. The first-order chi connectivity index (χ1) is 10.1. The van der Waals surface area contributed by atoms with Gasteiger partial charge in [0.05, 0.1) is 10.6 Å². The summed E-state index contributed by atoms with van der Waals surface area (Å²) in [6.07, 6.45) is 4.82. The van der Waals surface area contributed by atoms with Crippen molar-refractivity contribution in [2.45, 2.75) is 31.7 Å². The highest BCUT2D eigenvalue weighted by Crippen LogP contribution is 2.28. The lowest BCUT2D eigenvalue weighted by molar-refractivity contribution is 0.0705. The van der Waals surface area contributed by atoms with E-state index in [9.17, 15) is 4.79 Å². The van der Waals surface area contributed by atoms with Gasteiger partial charge in [0.1, 0.15) is 0 Å². The van der Waals surface area contributed by atoms with Crippen LogP contribution in [0.25, 0.3) is 0 Å². The molecular weight excluding hydrogens is 387 g/mol. The number of likely N-dealkylation sites (tertiary alicyclic amines) is 1. The van der Waals surface area contributed by atoms with Gasteiger partial charge in [0.25, 0.3) is 5.91 Å². The zero-order chi connectivity index (χ0) is 14.8. The van der Waals surface area contributed by atoms with Crippen LogP contribution in [0.2, 0.25) is 5.02 Å². The molecule has 0 radical (unpaired) electrons. The van der Waals surface area contributed by atoms with Crippen molar-refractivity contribution < 1.29 is 4.79 Å². The summed E-state index contributed by atoms with van der Waals surface area (Å²) >= 11 is 9.55. The number of carbonyl (C=O) groups excluding carboxylic acids is 1. The maximum Gasteiger partial charge on any atom is 0.255 e. The van der Waals surface area contributed by atoms with Gasteiger partial charge in [-0.15, -0.1) is 12.4 Å². The highest BCUT2D eigenvalue weighted by molar-refractivity contribution is 9.10. The molecule has 1 amide bonds. The second-order valence-corrected chi connectivity index (χ2v) is 7.37. The number of nitrogens with one attached hydrogen (secondary N) is 1. The first-order valence-corrected chi connectivity index (χ1v) is 8.78. The summed E-state index contributed by atoms with van der Waals surface area (Å²) in [5.74, 6) is 0.951. The summed E-state index contributed by atoms with van der Waals surface area (Å²) in [5.41, 5.74) is 0.593. The highest BCUT2D eigenvalue weighted by atomic mass is 79.9. The van der Waals surface area contributed by atoms with Crippen LogP contribution < -0.4 is 5.32 Å². The Hall–Kier alpha value is -0.290. The van der Waals surface area contributed by atoms with Gasteiger partial charge in [0.15, 0.2) is 0 Å². The number of nitrogens with zero attached hydrogens (tertiary/aromatic N) is 1. The zero-order valence-electron chi connectivity index (χ0n) is 12.4. The third kappa shape index (κ3) is 4.60. The molecule has 1 aromatic rings. The summed E-state index contributed by atoms with van der Waals surface area (Å²) < 4.78 is 0.885. The Kier molecular flexibility index (Phi) is 6.57. The SMILES string of the molecule is Cl.O=C(c1cc(Br)ccc1Cl)N1CCC(NCC2CC2)CC1. The summed E-state index contributed by atoms with van der Waals surface area (Å²) in [6, 6.07) is 5.99. The van der Waals surface area contributed by atoms with Crippen molar-refractivity contribution in [3.8, 4) is 0 Å². The van der Waals surface area contributed by atoms with Crippen molar-refractivity contribution in [3.63, 3.8) is 0 Å². The van der Waals surface area contributed by atoms with Crippen LogP contribution in [0, 0.1) is 5.92 Å². The van der Waals surface area contributed by atoms with Crippen molar-refractivity contribution in [1.82, 2.24) is 10.2 Å². The molecule has 0 atom stereocenters. The highest BCUT2D eigenvalue weighted by Gasteiger charge is 2.27. The van der Waals surface area contributed by atoms with Crippen LogP contribution >= 0.6 is 39.9 Å². The minimum absolute atomic E-state index is 0. The second-order valence-electron chi connectivity index (χ2n) is 6.04.